The monoisotopic (exact) mass is 252 g/mol. The zero-order valence-electron chi connectivity index (χ0n) is 12.2. The molecule has 0 fully saturated rings. The number of allylic oxidation sites excluding steroid dienone is 2. The van der Waals surface area contributed by atoms with Crippen molar-refractivity contribution in [1.82, 2.24) is 0 Å². The molecule has 0 heterocycles. The Kier molecular flexibility index (Phi) is 9.28. The van der Waals surface area contributed by atoms with Gasteiger partial charge in [0.05, 0.1) is 6.10 Å². The van der Waals surface area contributed by atoms with E-state index in [1.807, 2.05) is 0 Å². The summed E-state index contributed by atoms with van der Waals surface area (Å²) in [6.07, 6.45) is 19.9. The molecule has 1 nitrogen and oxygen atoms in total. The number of hydrogen-bond acceptors (Lipinski definition) is 1. The van der Waals surface area contributed by atoms with Gasteiger partial charge in [-0.1, -0.05) is 64.0 Å². The first-order valence-corrected chi connectivity index (χ1v) is 8.14. The largest absolute Gasteiger partial charge is 0.393 e. The van der Waals surface area contributed by atoms with Gasteiger partial charge in [0.2, 0.25) is 0 Å². The maximum absolute atomic E-state index is 9.91. The molecule has 0 saturated carbocycles. The molecule has 0 spiro atoms. The second kappa shape index (κ2) is 10.6. The molecular formula is C17H32O. The van der Waals surface area contributed by atoms with E-state index in [-0.39, 0.29) is 6.10 Å². The fourth-order valence-corrected chi connectivity index (χ4v) is 2.73. The minimum Gasteiger partial charge on any atom is -0.393 e. The zero-order chi connectivity index (χ0) is 13.1. The van der Waals surface area contributed by atoms with Crippen molar-refractivity contribution >= 4 is 0 Å². The van der Waals surface area contributed by atoms with Gasteiger partial charge in [0.1, 0.15) is 0 Å². The topological polar surface area (TPSA) is 20.2 Å². The summed E-state index contributed by atoms with van der Waals surface area (Å²) in [6, 6.07) is 0. The molecule has 0 bridgehead atoms. The summed E-state index contributed by atoms with van der Waals surface area (Å²) in [6.45, 7) is 2.27. The van der Waals surface area contributed by atoms with Crippen LogP contribution in [-0.2, 0) is 0 Å². The first-order chi connectivity index (χ1) is 8.79. The summed E-state index contributed by atoms with van der Waals surface area (Å²) in [5, 5.41) is 9.91. The summed E-state index contributed by atoms with van der Waals surface area (Å²) in [7, 11) is 0. The smallest absolute Gasteiger partial charge is 0.0540 e. The Bertz CT molecular complexity index is 210. The molecule has 1 rings (SSSR count). The normalized spacial score (nSPS) is 31.9. The van der Waals surface area contributed by atoms with Gasteiger partial charge in [-0.2, -0.15) is 0 Å². The van der Waals surface area contributed by atoms with Crippen LogP contribution in [0.1, 0.15) is 84.0 Å². The van der Waals surface area contributed by atoms with Crippen LogP contribution in [0.2, 0.25) is 0 Å². The van der Waals surface area contributed by atoms with Gasteiger partial charge in [-0.15, -0.1) is 0 Å². The second-order valence-electron chi connectivity index (χ2n) is 6.04. The predicted octanol–water partition coefficient (Wildman–Crippen LogP) is 5.23. The van der Waals surface area contributed by atoms with Gasteiger partial charge >= 0.3 is 0 Å². The van der Waals surface area contributed by atoms with Crippen molar-refractivity contribution in [3.63, 3.8) is 0 Å². The van der Waals surface area contributed by atoms with Crippen molar-refractivity contribution in [2.24, 2.45) is 5.92 Å². The van der Waals surface area contributed by atoms with Crippen LogP contribution in [-0.4, -0.2) is 11.2 Å². The summed E-state index contributed by atoms with van der Waals surface area (Å²) in [4.78, 5) is 0. The first-order valence-electron chi connectivity index (χ1n) is 8.14. The molecular weight excluding hydrogens is 220 g/mol. The molecule has 18 heavy (non-hydrogen) atoms. The van der Waals surface area contributed by atoms with Crippen molar-refractivity contribution in [2.75, 3.05) is 0 Å². The van der Waals surface area contributed by atoms with E-state index in [1.54, 1.807) is 0 Å². The molecule has 0 radical (unpaired) electrons. The van der Waals surface area contributed by atoms with Crippen LogP contribution < -0.4 is 0 Å². The Hall–Kier alpha value is -0.300. The van der Waals surface area contributed by atoms with Gasteiger partial charge in [0.25, 0.3) is 0 Å². The lowest BCUT2D eigenvalue weighted by atomic mass is 9.98. The van der Waals surface area contributed by atoms with Crippen molar-refractivity contribution in [2.45, 2.75) is 90.1 Å². The summed E-state index contributed by atoms with van der Waals surface area (Å²) in [5.41, 5.74) is 0. The van der Waals surface area contributed by atoms with E-state index in [9.17, 15) is 5.11 Å². The van der Waals surface area contributed by atoms with Crippen LogP contribution in [0.4, 0.5) is 0 Å². The lowest BCUT2D eigenvalue weighted by Gasteiger charge is -2.13. The third kappa shape index (κ3) is 8.74. The van der Waals surface area contributed by atoms with Gasteiger partial charge < -0.3 is 5.11 Å². The highest BCUT2D eigenvalue weighted by molar-refractivity contribution is 4.86. The molecule has 0 aromatic carbocycles. The first kappa shape index (κ1) is 15.8. The highest BCUT2D eigenvalue weighted by Crippen LogP contribution is 2.16. The van der Waals surface area contributed by atoms with Gasteiger partial charge in [0.15, 0.2) is 0 Å². The highest BCUT2D eigenvalue weighted by atomic mass is 16.3. The molecule has 0 aliphatic heterocycles. The molecule has 0 aromatic heterocycles. The number of hydrogen-bond donors (Lipinski definition) is 1. The Balaban J connectivity index is 2.27. The van der Waals surface area contributed by atoms with E-state index in [0.717, 1.165) is 19.3 Å². The Morgan fingerprint density at radius 2 is 1.39 bits per heavy atom. The van der Waals surface area contributed by atoms with Crippen LogP contribution in [0.5, 0.6) is 0 Å². The fraction of sp³-hybridized carbons (Fsp3) is 0.882. The van der Waals surface area contributed by atoms with Gasteiger partial charge in [-0.3, -0.25) is 0 Å². The molecule has 2 unspecified atom stereocenters. The maximum Gasteiger partial charge on any atom is 0.0540 e. The number of rotatable bonds is 0. The van der Waals surface area contributed by atoms with E-state index in [2.05, 4.69) is 19.1 Å². The van der Waals surface area contributed by atoms with Gasteiger partial charge in [0, 0.05) is 0 Å². The predicted molar refractivity (Wildman–Crippen MR) is 79.7 cm³/mol. The van der Waals surface area contributed by atoms with E-state index >= 15 is 0 Å². The van der Waals surface area contributed by atoms with E-state index in [1.165, 1.54) is 57.8 Å². The number of aliphatic hydroxyl groups is 1. The van der Waals surface area contributed by atoms with E-state index in [0.29, 0.717) is 5.92 Å². The van der Waals surface area contributed by atoms with Gasteiger partial charge in [-0.05, 0) is 38.0 Å². The zero-order valence-corrected chi connectivity index (χ0v) is 12.2. The third-order valence-electron chi connectivity index (χ3n) is 4.08. The van der Waals surface area contributed by atoms with E-state index in [4.69, 9.17) is 0 Å². The van der Waals surface area contributed by atoms with Crippen LogP contribution >= 0.6 is 0 Å². The molecule has 2 atom stereocenters. The van der Waals surface area contributed by atoms with Crippen LogP contribution in [0.25, 0.3) is 0 Å². The number of aliphatic hydroxyl groups excluding tert-OH is 1. The Labute approximate surface area is 114 Å². The fourth-order valence-electron chi connectivity index (χ4n) is 2.73. The minimum atomic E-state index is -0.0613. The molecule has 1 N–H and O–H groups in total. The Morgan fingerprint density at radius 3 is 2.11 bits per heavy atom. The van der Waals surface area contributed by atoms with Crippen LogP contribution in [0.3, 0.4) is 0 Å². The third-order valence-corrected chi connectivity index (χ3v) is 4.08. The van der Waals surface area contributed by atoms with Crippen LogP contribution in [0, 0.1) is 5.92 Å². The van der Waals surface area contributed by atoms with Gasteiger partial charge in [-0.25, -0.2) is 0 Å². The molecule has 0 saturated heterocycles. The molecule has 0 aromatic rings. The quantitative estimate of drug-likeness (QED) is 0.585. The van der Waals surface area contributed by atoms with Crippen molar-refractivity contribution < 1.29 is 5.11 Å². The van der Waals surface area contributed by atoms with Crippen LogP contribution in [0.15, 0.2) is 12.2 Å². The van der Waals surface area contributed by atoms with Crippen molar-refractivity contribution in [1.29, 1.82) is 0 Å². The Morgan fingerprint density at radius 1 is 0.778 bits per heavy atom. The summed E-state index contributed by atoms with van der Waals surface area (Å²) >= 11 is 0. The molecule has 1 heteroatoms. The molecule has 106 valence electrons. The molecule has 1 aliphatic rings. The minimum absolute atomic E-state index is 0.0613. The standard InChI is InChI=1S/C17H32O/c1-16-12-10-8-6-4-2-3-5-7-9-11-13-17(18)15-14-16/h10,12,16-18H,2-9,11,13-15H2,1H3/b12-10+. The SMILES string of the molecule is CC1/C=C/CCCCCCCCCCC(O)CC1. The second-order valence-corrected chi connectivity index (χ2v) is 6.04. The average molecular weight is 252 g/mol. The maximum atomic E-state index is 9.91. The summed E-state index contributed by atoms with van der Waals surface area (Å²) < 4.78 is 0. The summed E-state index contributed by atoms with van der Waals surface area (Å²) in [5.74, 6) is 0.632. The van der Waals surface area contributed by atoms with Crippen molar-refractivity contribution in [3.05, 3.63) is 12.2 Å². The van der Waals surface area contributed by atoms with Crippen molar-refractivity contribution in [3.8, 4) is 0 Å². The van der Waals surface area contributed by atoms with E-state index < -0.39 is 0 Å². The highest BCUT2D eigenvalue weighted by Gasteiger charge is 2.06. The lowest BCUT2D eigenvalue weighted by molar-refractivity contribution is 0.145. The molecule has 0 amide bonds. The molecule has 1 aliphatic carbocycles. The lowest BCUT2D eigenvalue weighted by Crippen LogP contribution is -2.08. The average Bonchev–Trinajstić information content (AvgIpc) is 2.36.